The molecule has 2 amide bonds. The average molecular weight is 317 g/mol. The first kappa shape index (κ1) is 11.9. The smallest absolute Gasteiger partial charge is 0.259 e. The average Bonchev–Trinajstić information content (AvgIpc) is 2.68. The first-order chi connectivity index (χ1) is 9.13. The molecule has 2 aromatic rings. The van der Waals surface area contributed by atoms with E-state index in [1.165, 1.54) is 0 Å². The van der Waals surface area contributed by atoms with Gasteiger partial charge in [-0.2, -0.15) is 0 Å². The summed E-state index contributed by atoms with van der Waals surface area (Å²) in [5, 5.41) is 5.45. The Bertz CT molecular complexity index is 680. The lowest BCUT2D eigenvalue weighted by Crippen LogP contribution is -2.19. The molecule has 0 atom stereocenters. The normalized spacial score (nSPS) is 13.1. The van der Waals surface area contributed by atoms with Gasteiger partial charge in [-0.1, -0.05) is 15.9 Å². The summed E-state index contributed by atoms with van der Waals surface area (Å²) >= 11 is 3.37. The highest BCUT2D eigenvalue weighted by atomic mass is 79.9. The van der Waals surface area contributed by atoms with Gasteiger partial charge in [-0.05, 0) is 42.5 Å². The van der Waals surface area contributed by atoms with Crippen molar-refractivity contribution >= 4 is 39.1 Å². The number of carbonyl (C=O) groups is 2. The number of nitrogens with one attached hydrogen (secondary N) is 2. The maximum Gasteiger partial charge on any atom is 0.259 e. The fraction of sp³-hybridized carbons (Fsp3) is 0. The summed E-state index contributed by atoms with van der Waals surface area (Å²) in [4.78, 5) is 23.0. The number of anilines is 2. The van der Waals surface area contributed by atoms with Crippen molar-refractivity contribution in [1.82, 2.24) is 5.32 Å². The number of hydrogen-bond acceptors (Lipinski definition) is 3. The predicted octanol–water partition coefficient (Wildman–Crippen LogP) is 3.08. The second-order valence-electron chi connectivity index (χ2n) is 4.18. The second-order valence-corrected chi connectivity index (χ2v) is 5.09. The van der Waals surface area contributed by atoms with Crippen molar-refractivity contribution in [1.29, 1.82) is 0 Å². The van der Waals surface area contributed by atoms with Crippen molar-refractivity contribution in [3.05, 3.63) is 58.1 Å². The quantitative estimate of drug-likeness (QED) is 0.837. The molecule has 0 spiro atoms. The molecule has 2 N–H and O–H groups in total. The van der Waals surface area contributed by atoms with Crippen LogP contribution in [0, 0.1) is 0 Å². The van der Waals surface area contributed by atoms with Gasteiger partial charge in [0.25, 0.3) is 11.8 Å². The largest absolute Gasteiger partial charge is 0.356 e. The molecule has 0 fully saturated rings. The Labute approximate surface area is 118 Å². The Morgan fingerprint density at radius 2 is 1.47 bits per heavy atom. The summed E-state index contributed by atoms with van der Waals surface area (Å²) in [5.74, 6) is -0.686. The minimum Gasteiger partial charge on any atom is -0.356 e. The molecule has 3 rings (SSSR count). The van der Waals surface area contributed by atoms with Gasteiger partial charge in [-0.3, -0.25) is 14.9 Å². The van der Waals surface area contributed by atoms with E-state index in [-0.39, 0.29) is 11.8 Å². The van der Waals surface area contributed by atoms with Crippen LogP contribution in [0.1, 0.15) is 20.7 Å². The van der Waals surface area contributed by atoms with E-state index in [4.69, 9.17) is 0 Å². The third kappa shape index (κ3) is 2.24. The predicted molar refractivity (Wildman–Crippen MR) is 75.7 cm³/mol. The summed E-state index contributed by atoms with van der Waals surface area (Å²) in [6, 6.07) is 12.8. The SMILES string of the molecule is O=C1NC(=O)c2cc(Nc3ccc(Br)cc3)ccc21. The van der Waals surface area contributed by atoms with Crippen molar-refractivity contribution in [3.8, 4) is 0 Å². The van der Waals surface area contributed by atoms with Crippen molar-refractivity contribution in [3.63, 3.8) is 0 Å². The van der Waals surface area contributed by atoms with Crippen LogP contribution in [0.2, 0.25) is 0 Å². The molecule has 0 unspecified atom stereocenters. The molecule has 0 aromatic heterocycles. The van der Waals surface area contributed by atoms with Crippen LogP contribution in [0.3, 0.4) is 0 Å². The lowest BCUT2D eigenvalue weighted by Gasteiger charge is -2.07. The van der Waals surface area contributed by atoms with E-state index in [1.54, 1.807) is 18.2 Å². The summed E-state index contributed by atoms with van der Waals surface area (Å²) in [7, 11) is 0. The van der Waals surface area contributed by atoms with Crippen molar-refractivity contribution in [2.75, 3.05) is 5.32 Å². The van der Waals surface area contributed by atoms with Gasteiger partial charge in [-0.25, -0.2) is 0 Å². The van der Waals surface area contributed by atoms with E-state index in [0.717, 1.165) is 15.8 Å². The number of rotatable bonds is 2. The molecule has 0 saturated carbocycles. The molecular formula is C14H9BrN2O2. The lowest BCUT2D eigenvalue weighted by atomic mass is 10.1. The fourth-order valence-corrected chi connectivity index (χ4v) is 2.21. The van der Waals surface area contributed by atoms with Crippen LogP contribution >= 0.6 is 15.9 Å². The maximum atomic E-state index is 11.6. The molecule has 0 bridgehead atoms. The molecule has 0 aliphatic carbocycles. The Balaban J connectivity index is 1.91. The van der Waals surface area contributed by atoms with Crippen LogP contribution in [-0.2, 0) is 0 Å². The number of imide groups is 1. The molecule has 94 valence electrons. The van der Waals surface area contributed by atoms with Gasteiger partial charge in [0.2, 0.25) is 0 Å². The summed E-state index contributed by atoms with van der Waals surface area (Å²) in [6.07, 6.45) is 0. The molecule has 1 heterocycles. The van der Waals surface area contributed by atoms with Crippen molar-refractivity contribution in [2.45, 2.75) is 0 Å². The van der Waals surface area contributed by atoms with Gasteiger partial charge in [0.15, 0.2) is 0 Å². The number of carbonyl (C=O) groups excluding carboxylic acids is 2. The highest BCUT2D eigenvalue weighted by Crippen LogP contribution is 2.24. The van der Waals surface area contributed by atoms with Gasteiger partial charge in [0.05, 0.1) is 11.1 Å². The standard InChI is InChI=1S/C14H9BrN2O2/c15-8-1-3-9(4-2-8)16-10-5-6-11-12(7-10)14(19)17-13(11)18/h1-7,16H,(H,17,18,19). The summed E-state index contributed by atoms with van der Waals surface area (Å²) in [5.41, 5.74) is 2.51. The van der Waals surface area contributed by atoms with Crippen LogP contribution in [0.5, 0.6) is 0 Å². The van der Waals surface area contributed by atoms with Crippen LogP contribution in [0.25, 0.3) is 0 Å². The van der Waals surface area contributed by atoms with E-state index >= 15 is 0 Å². The van der Waals surface area contributed by atoms with Gasteiger partial charge in [0.1, 0.15) is 0 Å². The third-order valence-corrected chi connectivity index (χ3v) is 3.40. The number of amides is 2. The van der Waals surface area contributed by atoms with Gasteiger partial charge in [-0.15, -0.1) is 0 Å². The number of hydrogen-bond donors (Lipinski definition) is 2. The Kier molecular flexibility index (Phi) is 2.83. The fourth-order valence-electron chi connectivity index (χ4n) is 1.95. The Morgan fingerprint density at radius 3 is 2.21 bits per heavy atom. The van der Waals surface area contributed by atoms with Gasteiger partial charge in [0, 0.05) is 15.8 Å². The highest BCUT2D eigenvalue weighted by Gasteiger charge is 2.26. The molecule has 1 aliphatic heterocycles. The van der Waals surface area contributed by atoms with Gasteiger partial charge >= 0.3 is 0 Å². The Morgan fingerprint density at radius 1 is 0.842 bits per heavy atom. The van der Waals surface area contributed by atoms with Crippen molar-refractivity contribution < 1.29 is 9.59 Å². The van der Waals surface area contributed by atoms with Gasteiger partial charge < -0.3 is 5.32 Å². The molecule has 4 nitrogen and oxygen atoms in total. The number of benzene rings is 2. The van der Waals surface area contributed by atoms with E-state index < -0.39 is 0 Å². The zero-order chi connectivity index (χ0) is 13.4. The molecule has 0 radical (unpaired) electrons. The molecular weight excluding hydrogens is 308 g/mol. The highest BCUT2D eigenvalue weighted by molar-refractivity contribution is 9.10. The number of halogens is 1. The van der Waals surface area contributed by atoms with Crippen molar-refractivity contribution in [2.24, 2.45) is 0 Å². The zero-order valence-electron chi connectivity index (χ0n) is 9.74. The first-order valence-electron chi connectivity index (χ1n) is 5.66. The van der Waals surface area contributed by atoms with E-state index in [1.807, 2.05) is 24.3 Å². The molecule has 2 aromatic carbocycles. The van der Waals surface area contributed by atoms with Crippen LogP contribution < -0.4 is 10.6 Å². The maximum absolute atomic E-state index is 11.6. The van der Waals surface area contributed by atoms with Crippen LogP contribution in [0.15, 0.2) is 46.9 Å². The Hall–Kier alpha value is -2.14. The minimum atomic E-state index is -0.348. The molecule has 19 heavy (non-hydrogen) atoms. The van der Waals surface area contributed by atoms with E-state index in [9.17, 15) is 9.59 Å². The van der Waals surface area contributed by atoms with Crippen LogP contribution in [-0.4, -0.2) is 11.8 Å². The number of fused-ring (bicyclic) bond motifs is 1. The third-order valence-electron chi connectivity index (χ3n) is 2.87. The van der Waals surface area contributed by atoms with E-state index in [2.05, 4.69) is 26.6 Å². The summed E-state index contributed by atoms with van der Waals surface area (Å²) in [6.45, 7) is 0. The monoisotopic (exact) mass is 316 g/mol. The molecule has 0 saturated heterocycles. The van der Waals surface area contributed by atoms with Crippen LogP contribution in [0.4, 0.5) is 11.4 Å². The first-order valence-corrected chi connectivity index (χ1v) is 6.45. The summed E-state index contributed by atoms with van der Waals surface area (Å²) < 4.78 is 0.997. The lowest BCUT2D eigenvalue weighted by molar-refractivity contribution is 0.0879. The molecule has 1 aliphatic rings. The minimum absolute atomic E-state index is 0.338. The second kappa shape index (κ2) is 4.51. The topological polar surface area (TPSA) is 58.2 Å². The molecule has 5 heteroatoms. The van der Waals surface area contributed by atoms with E-state index in [0.29, 0.717) is 11.1 Å². The zero-order valence-corrected chi connectivity index (χ0v) is 11.3.